The van der Waals surface area contributed by atoms with Crippen LogP contribution in [0, 0.1) is 0 Å². The third-order valence-corrected chi connectivity index (χ3v) is 3.37. The van der Waals surface area contributed by atoms with Crippen molar-refractivity contribution in [2.75, 3.05) is 4.90 Å². The SMILES string of the molecule is CC(C)O.Oc1ccccc1N(c1ccccc1O)c1ccccc1O.[Ti]. The maximum atomic E-state index is 10.2. The molecule has 0 aliphatic carbocycles. The molecule has 0 bridgehead atoms. The van der Waals surface area contributed by atoms with Crippen LogP contribution in [0.3, 0.4) is 0 Å². The molecule has 0 spiro atoms. The second kappa shape index (κ2) is 10.6. The van der Waals surface area contributed by atoms with Crippen LogP contribution in [0.2, 0.25) is 0 Å². The molecule has 0 saturated heterocycles. The normalized spacial score (nSPS) is 9.78. The van der Waals surface area contributed by atoms with Crippen molar-refractivity contribution in [2.45, 2.75) is 20.0 Å². The molecule has 0 fully saturated rings. The molecule has 3 rings (SSSR count). The Morgan fingerprint density at radius 1 is 0.593 bits per heavy atom. The van der Waals surface area contributed by atoms with Crippen molar-refractivity contribution in [1.29, 1.82) is 0 Å². The zero-order chi connectivity index (χ0) is 19.1. The van der Waals surface area contributed by atoms with E-state index in [2.05, 4.69) is 0 Å². The summed E-state index contributed by atoms with van der Waals surface area (Å²) in [6.07, 6.45) is -0.167. The number of nitrogens with zero attached hydrogens (tertiary/aromatic N) is 1. The van der Waals surface area contributed by atoms with Gasteiger partial charge in [0.15, 0.2) is 0 Å². The minimum atomic E-state index is -0.167. The predicted molar refractivity (Wildman–Crippen MR) is 103 cm³/mol. The number of anilines is 3. The molecule has 27 heavy (non-hydrogen) atoms. The van der Waals surface area contributed by atoms with Crippen LogP contribution < -0.4 is 4.90 Å². The first-order valence-corrected chi connectivity index (χ1v) is 8.24. The molecule has 0 saturated carbocycles. The summed E-state index contributed by atoms with van der Waals surface area (Å²) in [6, 6.07) is 20.3. The molecular weight excluding hydrogens is 378 g/mol. The van der Waals surface area contributed by atoms with Crippen molar-refractivity contribution in [1.82, 2.24) is 0 Å². The fourth-order valence-electron chi connectivity index (χ4n) is 2.35. The smallest absolute Gasteiger partial charge is 0.139 e. The van der Waals surface area contributed by atoms with Crippen LogP contribution in [0.15, 0.2) is 72.8 Å². The number of hydrogen-bond donors (Lipinski definition) is 4. The first-order chi connectivity index (χ1) is 12.4. The van der Waals surface area contributed by atoms with Gasteiger partial charge in [0.25, 0.3) is 0 Å². The van der Waals surface area contributed by atoms with Crippen LogP contribution in [0.4, 0.5) is 17.1 Å². The first kappa shape index (κ1) is 22.6. The summed E-state index contributed by atoms with van der Waals surface area (Å²) in [5.41, 5.74) is 1.39. The van der Waals surface area contributed by atoms with Gasteiger partial charge in [0, 0.05) is 27.8 Å². The Kier molecular flexibility index (Phi) is 8.89. The van der Waals surface area contributed by atoms with Gasteiger partial charge in [-0.2, -0.15) is 0 Å². The topological polar surface area (TPSA) is 84.2 Å². The number of para-hydroxylation sites is 6. The van der Waals surface area contributed by atoms with Crippen LogP contribution in [0.25, 0.3) is 0 Å². The van der Waals surface area contributed by atoms with Gasteiger partial charge >= 0.3 is 0 Å². The van der Waals surface area contributed by atoms with Crippen molar-refractivity contribution in [3.63, 3.8) is 0 Å². The van der Waals surface area contributed by atoms with Gasteiger partial charge in [0.1, 0.15) is 17.2 Å². The van der Waals surface area contributed by atoms with E-state index in [1.165, 1.54) is 0 Å². The third-order valence-electron chi connectivity index (χ3n) is 3.37. The van der Waals surface area contributed by atoms with Crippen molar-refractivity contribution in [3.8, 4) is 17.2 Å². The molecular formula is C21H23NO4Ti. The van der Waals surface area contributed by atoms with E-state index in [0.29, 0.717) is 17.1 Å². The number of phenolic OH excluding ortho intramolecular Hbond substituents is 3. The summed E-state index contributed by atoms with van der Waals surface area (Å²) in [5.74, 6) is 0.150. The van der Waals surface area contributed by atoms with Crippen LogP contribution in [-0.2, 0) is 21.7 Å². The summed E-state index contributed by atoms with van der Waals surface area (Å²) in [4.78, 5) is 1.61. The van der Waals surface area contributed by atoms with Crippen LogP contribution in [-0.4, -0.2) is 26.5 Å². The Balaban J connectivity index is 0.000000666. The largest absolute Gasteiger partial charge is 0.506 e. The number of aliphatic hydroxyl groups is 1. The first-order valence-electron chi connectivity index (χ1n) is 8.24. The number of aliphatic hydroxyl groups excluding tert-OH is 1. The number of hydrogen-bond acceptors (Lipinski definition) is 5. The van der Waals surface area contributed by atoms with E-state index >= 15 is 0 Å². The van der Waals surface area contributed by atoms with E-state index < -0.39 is 0 Å². The van der Waals surface area contributed by atoms with E-state index in [-0.39, 0.29) is 45.1 Å². The van der Waals surface area contributed by atoms with Crippen molar-refractivity contribution in [3.05, 3.63) is 72.8 Å². The van der Waals surface area contributed by atoms with Gasteiger partial charge in [-0.25, -0.2) is 0 Å². The fraction of sp³-hybridized carbons (Fsp3) is 0.143. The molecule has 140 valence electrons. The van der Waals surface area contributed by atoms with E-state index in [4.69, 9.17) is 5.11 Å². The number of rotatable bonds is 3. The van der Waals surface area contributed by atoms with E-state index in [9.17, 15) is 15.3 Å². The zero-order valence-electron chi connectivity index (χ0n) is 15.2. The van der Waals surface area contributed by atoms with Gasteiger partial charge in [0.2, 0.25) is 0 Å². The van der Waals surface area contributed by atoms with Crippen molar-refractivity contribution >= 4 is 17.1 Å². The molecule has 0 heterocycles. The standard InChI is InChI=1S/C18H15NO3.C3H8O.Ti/c20-16-10-4-1-7-13(16)19(14-8-2-5-11-17(14)21)15-9-3-6-12-18(15)22;1-3(2)4;/h1-12,20-22H;3-4H,1-2H3;. The summed E-state index contributed by atoms with van der Waals surface area (Å²) in [6.45, 7) is 3.44. The fourth-order valence-corrected chi connectivity index (χ4v) is 2.35. The number of phenols is 3. The van der Waals surface area contributed by atoms with Crippen molar-refractivity contribution < 1.29 is 42.1 Å². The Bertz CT molecular complexity index is 744. The molecule has 0 aliphatic heterocycles. The maximum absolute atomic E-state index is 10.2. The summed E-state index contributed by atoms with van der Waals surface area (Å²) in [7, 11) is 0. The molecule has 4 N–H and O–H groups in total. The zero-order valence-corrected chi connectivity index (χ0v) is 16.8. The van der Waals surface area contributed by atoms with Gasteiger partial charge in [0.05, 0.1) is 17.1 Å². The molecule has 3 aromatic carbocycles. The van der Waals surface area contributed by atoms with Gasteiger partial charge in [-0.1, -0.05) is 36.4 Å². The molecule has 0 amide bonds. The van der Waals surface area contributed by atoms with E-state index in [0.717, 1.165) is 0 Å². The van der Waals surface area contributed by atoms with Gasteiger partial charge in [-0.15, -0.1) is 0 Å². The third kappa shape index (κ3) is 6.03. The molecule has 0 aliphatic rings. The average molecular weight is 401 g/mol. The monoisotopic (exact) mass is 401 g/mol. The Labute approximate surface area is 174 Å². The van der Waals surface area contributed by atoms with Gasteiger partial charge in [-0.3, -0.25) is 4.90 Å². The Morgan fingerprint density at radius 2 is 0.815 bits per heavy atom. The van der Waals surface area contributed by atoms with Crippen molar-refractivity contribution in [2.24, 2.45) is 0 Å². The quantitative estimate of drug-likeness (QED) is 0.480. The molecule has 0 unspecified atom stereocenters. The molecule has 0 aromatic heterocycles. The molecule has 5 nitrogen and oxygen atoms in total. The maximum Gasteiger partial charge on any atom is 0.139 e. The number of benzene rings is 3. The second-order valence-corrected chi connectivity index (χ2v) is 5.90. The van der Waals surface area contributed by atoms with E-state index in [1.54, 1.807) is 91.5 Å². The summed E-state index contributed by atoms with van der Waals surface area (Å²) in [5, 5.41) is 38.6. The summed E-state index contributed by atoms with van der Waals surface area (Å²) >= 11 is 0. The summed E-state index contributed by atoms with van der Waals surface area (Å²) < 4.78 is 0. The minimum Gasteiger partial charge on any atom is -0.506 e. The average Bonchev–Trinajstić information content (AvgIpc) is 2.59. The van der Waals surface area contributed by atoms with Crippen LogP contribution in [0.5, 0.6) is 17.2 Å². The molecule has 3 aromatic rings. The predicted octanol–water partition coefficient (Wildman–Crippen LogP) is 4.66. The van der Waals surface area contributed by atoms with Crippen LogP contribution in [0.1, 0.15) is 13.8 Å². The molecule has 0 radical (unpaired) electrons. The Hall–Kier alpha value is -2.47. The molecule has 0 atom stereocenters. The Morgan fingerprint density at radius 3 is 1.04 bits per heavy atom. The molecule has 6 heteroatoms. The van der Waals surface area contributed by atoms with E-state index in [1.807, 2.05) is 0 Å². The second-order valence-electron chi connectivity index (χ2n) is 5.90. The van der Waals surface area contributed by atoms with Crippen LogP contribution >= 0.6 is 0 Å². The number of aromatic hydroxyl groups is 3. The minimum absolute atomic E-state index is 0. The van der Waals surface area contributed by atoms with Gasteiger partial charge in [-0.05, 0) is 50.2 Å². The van der Waals surface area contributed by atoms with Gasteiger partial charge < -0.3 is 20.4 Å².